The van der Waals surface area contributed by atoms with Crippen LogP contribution in [0.4, 0.5) is 0 Å². The van der Waals surface area contributed by atoms with Crippen LogP contribution in [0.2, 0.25) is 0 Å². The summed E-state index contributed by atoms with van der Waals surface area (Å²) >= 11 is 0. The molecule has 0 spiro atoms. The van der Waals surface area contributed by atoms with Gasteiger partial charge in [0, 0.05) is 5.69 Å². The third-order valence-corrected chi connectivity index (χ3v) is 1.73. The molecular formula is C8H14N2O. The van der Waals surface area contributed by atoms with Crippen LogP contribution in [0.25, 0.3) is 0 Å². The lowest BCUT2D eigenvalue weighted by molar-refractivity contribution is 0.184. The van der Waals surface area contributed by atoms with Gasteiger partial charge in [0.25, 0.3) is 0 Å². The highest BCUT2D eigenvalue weighted by Gasteiger charge is 2.02. The first-order valence-corrected chi connectivity index (χ1v) is 3.87. The van der Waals surface area contributed by atoms with E-state index in [1.165, 1.54) is 0 Å². The number of aliphatic hydroxyl groups excluding tert-OH is 1. The molecule has 0 aliphatic carbocycles. The number of nitrogens with zero attached hydrogens (tertiary/aromatic N) is 1. The van der Waals surface area contributed by atoms with Crippen molar-refractivity contribution in [3.05, 3.63) is 17.7 Å². The van der Waals surface area contributed by atoms with E-state index in [-0.39, 0.29) is 6.10 Å². The maximum absolute atomic E-state index is 9.00. The van der Waals surface area contributed by atoms with Crippen molar-refractivity contribution in [2.75, 3.05) is 0 Å². The van der Waals surface area contributed by atoms with Crippen LogP contribution in [-0.4, -0.2) is 21.2 Å². The van der Waals surface area contributed by atoms with Crippen LogP contribution in [0.1, 0.15) is 24.7 Å². The third-order valence-electron chi connectivity index (χ3n) is 1.73. The Balaban J connectivity index is 2.44. The van der Waals surface area contributed by atoms with Gasteiger partial charge < -0.3 is 10.1 Å². The molecule has 62 valence electrons. The second-order valence-electron chi connectivity index (χ2n) is 2.86. The monoisotopic (exact) mass is 154 g/mol. The minimum Gasteiger partial charge on any atom is -0.393 e. The average Bonchev–Trinajstić information content (AvgIpc) is 2.31. The van der Waals surface area contributed by atoms with Gasteiger partial charge in [0.15, 0.2) is 0 Å². The molecule has 0 radical (unpaired) electrons. The molecular weight excluding hydrogens is 140 g/mol. The predicted molar refractivity (Wildman–Crippen MR) is 43.3 cm³/mol. The van der Waals surface area contributed by atoms with Crippen molar-refractivity contribution in [2.24, 2.45) is 0 Å². The van der Waals surface area contributed by atoms with Crippen molar-refractivity contribution < 1.29 is 5.11 Å². The van der Waals surface area contributed by atoms with Crippen molar-refractivity contribution in [2.45, 2.75) is 32.8 Å². The van der Waals surface area contributed by atoms with Crippen molar-refractivity contribution in [1.29, 1.82) is 0 Å². The summed E-state index contributed by atoms with van der Waals surface area (Å²) in [5.41, 5.74) is 2.16. The van der Waals surface area contributed by atoms with E-state index in [0.717, 1.165) is 24.2 Å². The van der Waals surface area contributed by atoms with Crippen molar-refractivity contribution in [1.82, 2.24) is 9.97 Å². The van der Waals surface area contributed by atoms with Gasteiger partial charge in [-0.15, -0.1) is 0 Å². The molecule has 0 amide bonds. The number of aryl methyl sites for hydroxylation is 2. The van der Waals surface area contributed by atoms with E-state index in [1.807, 2.05) is 6.92 Å². The van der Waals surface area contributed by atoms with Crippen LogP contribution < -0.4 is 0 Å². The first-order chi connectivity index (χ1) is 5.20. The first kappa shape index (κ1) is 8.27. The van der Waals surface area contributed by atoms with Gasteiger partial charge in [0.1, 0.15) is 0 Å². The minimum atomic E-state index is -0.230. The van der Waals surface area contributed by atoms with Gasteiger partial charge in [-0.3, -0.25) is 0 Å². The molecule has 11 heavy (non-hydrogen) atoms. The molecule has 0 bridgehead atoms. The zero-order valence-corrected chi connectivity index (χ0v) is 6.96. The minimum absolute atomic E-state index is 0.230. The molecule has 1 heterocycles. The van der Waals surface area contributed by atoms with Gasteiger partial charge in [-0.1, -0.05) is 0 Å². The Morgan fingerprint density at radius 2 is 2.45 bits per heavy atom. The number of nitrogens with one attached hydrogen (secondary N) is 1. The topological polar surface area (TPSA) is 48.9 Å². The Morgan fingerprint density at radius 1 is 1.73 bits per heavy atom. The summed E-state index contributed by atoms with van der Waals surface area (Å²) in [5.74, 6) is 0. The molecule has 0 aromatic carbocycles. The molecule has 1 rings (SSSR count). The molecule has 1 aromatic rings. The number of H-pyrrole nitrogens is 1. The number of hydrogen-bond acceptors (Lipinski definition) is 2. The van der Waals surface area contributed by atoms with E-state index >= 15 is 0 Å². The molecule has 0 aliphatic heterocycles. The summed E-state index contributed by atoms with van der Waals surface area (Å²) in [5, 5.41) is 9.00. The predicted octanol–water partition coefficient (Wildman–Crippen LogP) is 1.03. The van der Waals surface area contributed by atoms with E-state index in [4.69, 9.17) is 5.11 Å². The smallest absolute Gasteiger partial charge is 0.0925 e. The van der Waals surface area contributed by atoms with Gasteiger partial charge >= 0.3 is 0 Å². The molecule has 2 N–H and O–H groups in total. The van der Waals surface area contributed by atoms with Crippen LogP contribution in [0, 0.1) is 6.92 Å². The van der Waals surface area contributed by atoms with Crippen LogP contribution in [0.5, 0.6) is 0 Å². The normalized spacial score (nSPS) is 13.4. The summed E-state index contributed by atoms with van der Waals surface area (Å²) < 4.78 is 0. The lowest BCUT2D eigenvalue weighted by atomic mass is 10.1. The fraction of sp³-hybridized carbons (Fsp3) is 0.625. The summed E-state index contributed by atoms with van der Waals surface area (Å²) in [6, 6.07) is 0. The maximum atomic E-state index is 9.00. The first-order valence-electron chi connectivity index (χ1n) is 3.87. The van der Waals surface area contributed by atoms with Crippen molar-refractivity contribution in [3.8, 4) is 0 Å². The van der Waals surface area contributed by atoms with E-state index in [9.17, 15) is 0 Å². The summed E-state index contributed by atoms with van der Waals surface area (Å²) in [6.45, 7) is 3.78. The largest absolute Gasteiger partial charge is 0.393 e. The van der Waals surface area contributed by atoms with Crippen LogP contribution in [0.15, 0.2) is 6.33 Å². The van der Waals surface area contributed by atoms with E-state index in [1.54, 1.807) is 13.3 Å². The zero-order chi connectivity index (χ0) is 8.27. The third kappa shape index (κ3) is 2.35. The molecule has 0 fully saturated rings. The molecule has 0 aliphatic rings. The Bertz CT molecular complexity index is 218. The number of imidazole rings is 1. The molecule has 0 saturated carbocycles. The lowest BCUT2D eigenvalue weighted by Gasteiger charge is -2.01. The zero-order valence-electron chi connectivity index (χ0n) is 6.96. The number of hydrogen-bond donors (Lipinski definition) is 2. The van der Waals surface area contributed by atoms with Gasteiger partial charge in [0.05, 0.1) is 18.1 Å². The molecule has 1 atom stereocenters. The van der Waals surface area contributed by atoms with Crippen LogP contribution >= 0.6 is 0 Å². The number of aromatic amines is 1. The quantitative estimate of drug-likeness (QED) is 0.683. The van der Waals surface area contributed by atoms with Gasteiger partial charge in [-0.2, -0.15) is 0 Å². The van der Waals surface area contributed by atoms with Crippen LogP contribution in [-0.2, 0) is 6.42 Å². The average molecular weight is 154 g/mol. The number of aliphatic hydroxyl groups is 1. The SMILES string of the molecule is Cc1[nH]cnc1CC[C@@H](C)O. The van der Waals surface area contributed by atoms with E-state index in [0.29, 0.717) is 0 Å². The second-order valence-corrected chi connectivity index (χ2v) is 2.86. The van der Waals surface area contributed by atoms with Crippen molar-refractivity contribution >= 4 is 0 Å². The Kier molecular flexibility index (Phi) is 2.65. The molecule has 3 nitrogen and oxygen atoms in total. The highest BCUT2D eigenvalue weighted by Crippen LogP contribution is 2.05. The van der Waals surface area contributed by atoms with Gasteiger partial charge in [0.2, 0.25) is 0 Å². The van der Waals surface area contributed by atoms with Crippen molar-refractivity contribution in [3.63, 3.8) is 0 Å². The maximum Gasteiger partial charge on any atom is 0.0925 e. The van der Waals surface area contributed by atoms with Crippen LogP contribution in [0.3, 0.4) is 0 Å². The lowest BCUT2D eigenvalue weighted by Crippen LogP contribution is -2.02. The van der Waals surface area contributed by atoms with E-state index < -0.39 is 0 Å². The van der Waals surface area contributed by atoms with Gasteiger partial charge in [-0.25, -0.2) is 4.98 Å². The molecule has 1 aromatic heterocycles. The highest BCUT2D eigenvalue weighted by molar-refractivity contribution is 5.08. The Labute approximate surface area is 66.5 Å². The Morgan fingerprint density at radius 3 is 2.91 bits per heavy atom. The fourth-order valence-electron chi connectivity index (χ4n) is 0.985. The number of aromatic nitrogens is 2. The molecule has 0 unspecified atom stereocenters. The summed E-state index contributed by atoms with van der Waals surface area (Å²) in [4.78, 5) is 7.12. The second kappa shape index (κ2) is 3.53. The summed E-state index contributed by atoms with van der Waals surface area (Å²) in [7, 11) is 0. The molecule has 0 saturated heterocycles. The molecule has 3 heteroatoms. The van der Waals surface area contributed by atoms with Gasteiger partial charge in [-0.05, 0) is 26.7 Å². The highest BCUT2D eigenvalue weighted by atomic mass is 16.3. The summed E-state index contributed by atoms with van der Waals surface area (Å²) in [6.07, 6.45) is 3.09. The van der Waals surface area contributed by atoms with E-state index in [2.05, 4.69) is 9.97 Å². The Hall–Kier alpha value is -0.830. The fourth-order valence-corrected chi connectivity index (χ4v) is 0.985. The number of rotatable bonds is 3. The standard InChI is InChI=1S/C8H14N2O/c1-6(11)3-4-8-7(2)9-5-10-8/h5-6,11H,3-4H2,1-2H3,(H,9,10)/t6-/m1/s1.